The molecule has 1 aromatic rings. The third-order valence-electron chi connectivity index (χ3n) is 3.01. The maximum Gasteiger partial charge on any atom is 0.227 e. The summed E-state index contributed by atoms with van der Waals surface area (Å²) in [6, 6.07) is 2.02. The van der Waals surface area contributed by atoms with Gasteiger partial charge in [-0.05, 0) is 27.9 Å². The highest BCUT2D eigenvalue weighted by atomic mass is 79.9. The van der Waals surface area contributed by atoms with E-state index in [2.05, 4.69) is 15.9 Å². The summed E-state index contributed by atoms with van der Waals surface area (Å²) in [4.78, 5) is 24.2. The first-order valence-electron chi connectivity index (χ1n) is 5.96. The van der Waals surface area contributed by atoms with Gasteiger partial charge in [0.1, 0.15) is 11.6 Å². The van der Waals surface area contributed by atoms with E-state index in [-0.39, 0.29) is 33.5 Å². The normalized spacial score (nSPS) is 18.7. The Balaban J connectivity index is 2.16. The fourth-order valence-corrected chi connectivity index (χ4v) is 3.11. The van der Waals surface area contributed by atoms with Gasteiger partial charge in [-0.3, -0.25) is 9.59 Å². The lowest BCUT2D eigenvalue weighted by Crippen LogP contribution is -2.26. The van der Waals surface area contributed by atoms with Crippen molar-refractivity contribution in [1.82, 2.24) is 0 Å². The van der Waals surface area contributed by atoms with Crippen LogP contribution in [0.4, 0.5) is 14.5 Å². The monoisotopic (exact) mass is 363 g/mol. The molecule has 0 aliphatic carbocycles. The van der Waals surface area contributed by atoms with E-state index < -0.39 is 11.6 Å². The highest BCUT2D eigenvalue weighted by Crippen LogP contribution is 2.32. The van der Waals surface area contributed by atoms with Crippen LogP contribution in [0.15, 0.2) is 16.6 Å². The van der Waals surface area contributed by atoms with Gasteiger partial charge in [0, 0.05) is 31.7 Å². The number of rotatable bonds is 3. The summed E-state index contributed by atoms with van der Waals surface area (Å²) < 4.78 is 27.1. The molecule has 0 aromatic heterocycles. The van der Waals surface area contributed by atoms with Gasteiger partial charge in [0.05, 0.1) is 10.2 Å². The Morgan fingerprint density at radius 3 is 2.80 bits per heavy atom. The van der Waals surface area contributed by atoms with Crippen LogP contribution in [0.1, 0.15) is 13.3 Å². The third-order valence-corrected chi connectivity index (χ3v) is 4.66. The number of hydrogen-bond donors (Lipinski definition) is 0. The Labute approximate surface area is 127 Å². The molecule has 0 bridgehead atoms. The smallest absolute Gasteiger partial charge is 0.227 e. The average Bonchev–Trinajstić information content (AvgIpc) is 2.72. The van der Waals surface area contributed by atoms with Crippen molar-refractivity contribution in [2.75, 3.05) is 17.2 Å². The Bertz CT molecular complexity index is 568. The molecule has 1 atom stereocenters. The largest absolute Gasteiger partial charge is 0.309 e. The van der Waals surface area contributed by atoms with Crippen molar-refractivity contribution in [2.24, 2.45) is 5.92 Å². The van der Waals surface area contributed by atoms with Crippen LogP contribution in [0, 0.1) is 17.6 Å². The highest BCUT2D eigenvalue weighted by molar-refractivity contribution is 9.10. The van der Waals surface area contributed by atoms with E-state index in [1.807, 2.05) is 0 Å². The van der Waals surface area contributed by atoms with Gasteiger partial charge >= 0.3 is 0 Å². The van der Waals surface area contributed by atoms with Crippen molar-refractivity contribution in [1.29, 1.82) is 0 Å². The number of hydrogen-bond acceptors (Lipinski definition) is 3. The van der Waals surface area contributed by atoms with Crippen LogP contribution >= 0.6 is 27.7 Å². The quantitative estimate of drug-likeness (QED) is 0.772. The predicted octanol–water partition coefficient (Wildman–Crippen LogP) is 3.36. The van der Waals surface area contributed by atoms with Gasteiger partial charge in [-0.15, -0.1) is 0 Å². The number of nitrogens with zero attached hydrogens (tertiary/aromatic N) is 1. The molecule has 3 nitrogen and oxygen atoms in total. The molecule has 1 amide bonds. The van der Waals surface area contributed by atoms with E-state index in [1.165, 1.54) is 17.9 Å². The molecule has 7 heteroatoms. The Morgan fingerprint density at radius 2 is 2.15 bits per heavy atom. The van der Waals surface area contributed by atoms with Gasteiger partial charge < -0.3 is 4.90 Å². The molecular formula is C13H12BrF2NO2S. The molecule has 0 radical (unpaired) electrons. The topological polar surface area (TPSA) is 37.4 Å². The van der Waals surface area contributed by atoms with Crippen molar-refractivity contribution in [2.45, 2.75) is 13.3 Å². The molecule has 0 spiro atoms. The summed E-state index contributed by atoms with van der Waals surface area (Å²) in [6.07, 6.45) is 0.273. The van der Waals surface area contributed by atoms with E-state index in [0.717, 1.165) is 17.8 Å². The predicted molar refractivity (Wildman–Crippen MR) is 77.7 cm³/mol. The van der Waals surface area contributed by atoms with Crippen LogP contribution in [-0.4, -0.2) is 23.3 Å². The second-order valence-corrected chi connectivity index (χ2v) is 6.65. The molecule has 1 aliphatic heterocycles. The molecule has 1 aromatic carbocycles. The zero-order valence-corrected chi connectivity index (χ0v) is 13.1. The second kappa shape index (κ2) is 6.22. The van der Waals surface area contributed by atoms with Crippen LogP contribution in [-0.2, 0) is 9.59 Å². The van der Waals surface area contributed by atoms with Crippen LogP contribution in [0.2, 0.25) is 0 Å². The summed E-state index contributed by atoms with van der Waals surface area (Å²) in [5.41, 5.74) is 0.0681. The lowest BCUT2D eigenvalue weighted by molar-refractivity contribution is -0.117. The molecule has 1 unspecified atom stereocenters. The summed E-state index contributed by atoms with van der Waals surface area (Å²) in [5.74, 6) is -1.15. The lowest BCUT2D eigenvalue weighted by Gasteiger charge is -2.18. The van der Waals surface area contributed by atoms with E-state index in [9.17, 15) is 18.4 Å². The maximum absolute atomic E-state index is 13.8. The average molecular weight is 364 g/mol. The van der Waals surface area contributed by atoms with E-state index in [4.69, 9.17) is 0 Å². The molecule has 20 heavy (non-hydrogen) atoms. The molecule has 1 fully saturated rings. The first-order chi connectivity index (χ1) is 9.38. The first-order valence-corrected chi connectivity index (χ1v) is 7.74. The fraction of sp³-hybridized carbons (Fsp3) is 0.385. The molecule has 0 saturated carbocycles. The van der Waals surface area contributed by atoms with Gasteiger partial charge in [-0.25, -0.2) is 8.78 Å². The standard InChI is InChI=1S/C13H12BrF2NO2S/c1-7(18)20-6-8-2-13(19)17(5-8)12-3-9(14)10(15)4-11(12)16/h3-4,8H,2,5-6H2,1H3. The van der Waals surface area contributed by atoms with Crippen molar-refractivity contribution in [3.05, 3.63) is 28.2 Å². The van der Waals surface area contributed by atoms with Crippen molar-refractivity contribution in [3.63, 3.8) is 0 Å². The zero-order chi connectivity index (χ0) is 14.9. The van der Waals surface area contributed by atoms with Crippen molar-refractivity contribution in [3.8, 4) is 0 Å². The molecule has 1 aliphatic rings. The second-order valence-electron chi connectivity index (χ2n) is 4.59. The van der Waals surface area contributed by atoms with Crippen LogP contribution in [0.5, 0.6) is 0 Å². The SMILES string of the molecule is CC(=O)SCC1CC(=O)N(c2cc(Br)c(F)cc2F)C1. The Morgan fingerprint density at radius 1 is 1.45 bits per heavy atom. The summed E-state index contributed by atoms with van der Waals surface area (Å²) in [6.45, 7) is 1.81. The number of thioether (sulfide) groups is 1. The summed E-state index contributed by atoms with van der Waals surface area (Å²) in [7, 11) is 0. The van der Waals surface area contributed by atoms with Gasteiger partial charge in [0.15, 0.2) is 5.12 Å². The van der Waals surface area contributed by atoms with Gasteiger partial charge in [0.25, 0.3) is 0 Å². The molecule has 1 heterocycles. The minimum atomic E-state index is -0.765. The maximum atomic E-state index is 13.8. The molecule has 2 rings (SSSR count). The number of carbonyl (C=O) groups excluding carboxylic acids is 2. The molecular weight excluding hydrogens is 352 g/mol. The Hall–Kier alpha value is -0.950. The first kappa shape index (κ1) is 15.4. The molecule has 1 saturated heterocycles. The fourth-order valence-electron chi connectivity index (χ4n) is 2.08. The Kier molecular flexibility index (Phi) is 4.80. The van der Waals surface area contributed by atoms with Gasteiger partial charge in [-0.1, -0.05) is 11.8 Å². The highest BCUT2D eigenvalue weighted by Gasteiger charge is 2.32. The summed E-state index contributed by atoms with van der Waals surface area (Å²) >= 11 is 4.14. The van der Waals surface area contributed by atoms with Gasteiger partial charge in [0.2, 0.25) is 5.91 Å². The van der Waals surface area contributed by atoms with Gasteiger partial charge in [-0.2, -0.15) is 0 Å². The van der Waals surface area contributed by atoms with E-state index in [0.29, 0.717) is 12.3 Å². The number of carbonyl (C=O) groups is 2. The number of halogens is 3. The van der Waals surface area contributed by atoms with Crippen molar-refractivity contribution >= 4 is 44.4 Å². The van der Waals surface area contributed by atoms with E-state index in [1.54, 1.807) is 0 Å². The van der Waals surface area contributed by atoms with Crippen molar-refractivity contribution < 1.29 is 18.4 Å². The summed E-state index contributed by atoms with van der Waals surface area (Å²) in [5, 5.41) is -0.00777. The number of amides is 1. The molecule has 0 N–H and O–H groups in total. The van der Waals surface area contributed by atoms with Crippen LogP contribution < -0.4 is 4.90 Å². The third kappa shape index (κ3) is 3.38. The zero-order valence-electron chi connectivity index (χ0n) is 10.7. The van der Waals surface area contributed by atoms with Crippen LogP contribution in [0.25, 0.3) is 0 Å². The minimum absolute atomic E-state index is 0.000344. The van der Waals surface area contributed by atoms with E-state index >= 15 is 0 Å². The minimum Gasteiger partial charge on any atom is -0.309 e. The number of anilines is 1. The molecule has 108 valence electrons. The number of benzene rings is 1. The lowest BCUT2D eigenvalue weighted by atomic mass is 10.1. The van der Waals surface area contributed by atoms with Crippen LogP contribution in [0.3, 0.4) is 0 Å².